The van der Waals surface area contributed by atoms with Gasteiger partial charge in [-0.3, -0.25) is 0 Å². The summed E-state index contributed by atoms with van der Waals surface area (Å²) in [5.74, 6) is 0. The molecule has 15 heavy (non-hydrogen) atoms. The van der Waals surface area contributed by atoms with E-state index < -0.39 is 0 Å². The third-order valence-electron chi connectivity index (χ3n) is 2.94. The van der Waals surface area contributed by atoms with Gasteiger partial charge in [-0.15, -0.1) is 0 Å². The lowest BCUT2D eigenvalue weighted by atomic mass is 10.1. The van der Waals surface area contributed by atoms with Crippen LogP contribution in [0.1, 0.15) is 33.1 Å². The molecular weight excluding hydrogens is 188 g/mol. The Morgan fingerprint density at radius 2 is 2.20 bits per heavy atom. The molecule has 0 aromatic carbocycles. The second-order valence-corrected chi connectivity index (χ2v) is 4.33. The highest BCUT2D eigenvalue weighted by Gasteiger charge is 2.16. The van der Waals surface area contributed by atoms with Crippen LogP contribution in [0, 0.1) is 0 Å². The zero-order valence-corrected chi connectivity index (χ0v) is 10.3. The highest BCUT2D eigenvalue weighted by Crippen LogP contribution is 2.03. The van der Waals surface area contributed by atoms with E-state index in [0.717, 1.165) is 26.2 Å². The summed E-state index contributed by atoms with van der Waals surface area (Å²) in [5, 5.41) is 3.54. The molecule has 1 unspecified atom stereocenters. The molecule has 0 spiro atoms. The van der Waals surface area contributed by atoms with E-state index in [1.54, 1.807) is 0 Å². The van der Waals surface area contributed by atoms with Crippen LogP contribution in [0.2, 0.25) is 0 Å². The Balaban J connectivity index is 2.00. The second kappa shape index (κ2) is 8.08. The summed E-state index contributed by atoms with van der Waals surface area (Å²) in [7, 11) is 0. The zero-order chi connectivity index (χ0) is 10.9. The normalized spacial score (nSPS) is 23.2. The molecule has 1 aliphatic heterocycles. The molecule has 90 valence electrons. The maximum Gasteiger partial charge on any atom is 0.0478 e. The van der Waals surface area contributed by atoms with Crippen molar-refractivity contribution in [2.45, 2.75) is 39.2 Å². The number of ether oxygens (including phenoxy) is 1. The summed E-state index contributed by atoms with van der Waals surface area (Å²) >= 11 is 0. The molecule has 0 bridgehead atoms. The van der Waals surface area contributed by atoms with Gasteiger partial charge in [0, 0.05) is 45.4 Å². The topological polar surface area (TPSA) is 24.5 Å². The molecular formula is C12H26N2O. The fourth-order valence-electron chi connectivity index (χ4n) is 2.01. The van der Waals surface area contributed by atoms with Crippen LogP contribution in [-0.4, -0.2) is 50.3 Å². The lowest BCUT2D eigenvalue weighted by Crippen LogP contribution is -2.50. The molecule has 0 radical (unpaired) electrons. The molecule has 1 saturated heterocycles. The van der Waals surface area contributed by atoms with Gasteiger partial charge in [0.1, 0.15) is 0 Å². The third kappa shape index (κ3) is 5.50. The molecule has 3 nitrogen and oxygen atoms in total. The van der Waals surface area contributed by atoms with E-state index in [1.165, 1.54) is 32.5 Å². The van der Waals surface area contributed by atoms with Crippen LogP contribution in [-0.2, 0) is 4.74 Å². The number of nitrogens with one attached hydrogen (secondary N) is 1. The van der Waals surface area contributed by atoms with Gasteiger partial charge in [0.2, 0.25) is 0 Å². The average Bonchev–Trinajstić information content (AvgIpc) is 2.29. The molecule has 1 rings (SSSR count). The van der Waals surface area contributed by atoms with Crippen LogP contribution in [0.4, 0.5) is 0 Å². The van der Waals surface area contributed by atoms with Crippen molar-refractivity contribution in [3.8, 4) is 0 Å². The first-order chi connectivity index (χ1) is 7.36. The van der Waals surface area contributed by atoms with Gasteiger partial charge in [0.25, 0.3) is 0 Å². The Hall–Kier alpha value is -0.120. The highest BCUT2D eigenvalue weighted by atomic mass is 16.5. The summed E-state index contributed by atoms with van der Waals surface area (Å²) in [6, 6.07) is 0.704. The Morgan fingerprint density at radius 1 is 1.33 bits per heavy atom. The number of nitrogens with zero attached hydrogens (tertiary/aromatic N) is 1. The van der Waals surface area contributed by atoms with Crippen molar-refractivity contribution in [2.24, 2.45) is 0 Å². The van der Waals surface area contributed by atoms with Crippen LogP contribution in [0.5, 0.6) is 0 Å². The Bertz CT molecular complexity index is 153. The van der Waals surface area contributed by atoms with E-state index in [9.17, 15) is 0 Å². The Kier molecular flexibility index (Phi) is 6.98. The van der Waals surface area contributed by atoms with Gasteiger partial charge >= 0.3 is 0 Å². The number of rotatable bonds is 7. The smallest absolute Gasteiger partial charge is 0.0478 e. The minimum Gasteiger partial charge on any atom is -0.381 e. The van der Waals surface area contributed by atoms with Crippen LogP contribution in [0.25, 0.3) is 0 Å². The van der Waals surface area contributed by atoms with Gasteiger partial charge in [-0.05, 0) is 19.3 Å². The fourth-order valence-corrected chi connectivity index (χ4v) is 2.01. The maximum absolute atomic E-state index is 5.48. The summed E-state index contributed by atoms with van der Waals surface area (Å²) in [4.78, 5) is 2.56. The van der Waals surface area contributed by atoms with Crippen molar-refractivity contribution in [3.63, 3.8) is 0 Å². The summed E-state index contributed by atoms with van der Waals surface area (Å²) in [6.45, 7) is 11.0. The van der Waals surface area contributed by atoms with Crippen LogP contribution < -0.4 is 5.32 Å². The molecule has 0 aromatic rings. The molecule has 1 heterocycles. The van der Waals surface area contributed by atoms with E-state index in [2.05, 4.69) is 24.1 Å². The van der Waals surface area contributed by atoms with Gasteiger partial charge in [-0.1, -0.05) is 13.8 Å². The van der Waals surface area contributed by atoms with Crippen molar-refractivity contribution in [3.05, 3.63) is 0 Å². The third-order valence-corrected chi connectivity index (χ3v) is 2.94. The molecule has 1 atom stereocenters. The lowest BCUT2D eigenvalue weighted by molar-refractivity contribution is 0.114. The predicted molar refractivity (Wildman–Crippen MR) is 64.2 cm³/mol. The number of hydrogen-bond donors (Lipinski definition) is 1. The van der Waals surface area contributed by atoms with Crippen molar-refractivity contribution in [1.82, 2.24) is 10.2 Å². The van der Waals surface area contributed by atoms with Crippen LogP contribution in [0.3, 0.4) is 0 Å². The standard InChI is InChI=1S/C12H26N2O/c1-3-9-15-10-5-7-14-8-6-13-12(4-2)11-14/h12-13H,3-11H2,1-2H3. The molecule has 1 N–H and O–H groups in total. The van der Waals surface area contributed by atoms with Crippen molar-refractivity contribution < 1.29 is 4.74 Å². The number of hydrogen-bond acceptors (Lipinski definition) is 3. The molecule has 0 aliphatic carbocycles. The number of piperazine rings is 1. The van der Waals surface area contributed by atoms with E-state index in [4.69, 9.17) is 4.74 Å². The van der Waals surface area contributed by atoms with Gasteiger partial charge in [-0.2, -0.15) is 0 Å². The minimum absolute atomic E-state index is 0.704. The SMILES string of the molecule is CCCOCCCN1CCNC(CC)C1. The molecule has 1 fully saturated rings. The Morgan fingerprint density at radius 3 is 2.93 bits per heavy atom. The van der Waals surface area contributed by atoms with Crippen molar-refractivity contribution in [2.75, 3.05) is 39.4 Å². The van der Waals surface area contributed by atoms with Crippen molar-refractivity contribution >= 4 is 0 Å². The summed E-state index contributed by atoms with van der Waals surface area (Å²) in [6.07, 6.45) is 3.55. The first-order valence-corrected chi connectivity index (χ1v) is 6.40. The first-order valence-electron chi connectivity index (χ1n) is 6.40. The Labute approximate surface area is 94.2 Å². The molecule has 3 heteroatoms. The largest absolute Gasteiger partial charge is 0.381 e. The molecule has 0 saturated carbocycles. The van der Waals surface area contributed by atoms with Crippen LogP contribution >= 0.6 is 0 Å². The minimum atomic E-state index is 0.704. The van der Waals surface area contributed by atoms with Gasteiger partial charge in [0.05, 0.1) is 0 Å². The lowest BCUT2D eigenvalue weighted by Gasteiger charge is -2.33. The van der Waals surface area contributed by atoms with Gasteiger partial charge in [-0.25, -0.2) is 0 Å². The quantitative estimate of drug-likeness (QED) is 0.650. The van der Waals surface area contributed by atoms with Crippen LogP contribution in [0.15, 0.2) is 0 Å². The monoisotopic (exact) mass is 214 g/mol. The van der Waals surface area contributed by atoms with Crippen molar-refractivity contribution in [1.29, 1.82) is 0 Å². The zero-order valence-electron chi connectivity index (χ0n) is 10.3. The fraction of sp³-hybridized carbons (Fsp3) is 1.00. The molecule has 1 aliphatic rings. The van der Waals surface area contributed by atoms with Gasteiger partial charge in [0.15, 0.2) is 0 Å². The summed E-state index contributed by atoms with van der Waals surface area (Å²) in [5.41, 5.74) is 0. The predicted octanol–water partition coefficient (Wildman–Crippen LogP) is 1.49. The molecule has 0 amide bonds. The summed E-state index contributed by atoms with van der Waals surface area (Å²) < 4.78 is 5.48. The highest BCUT2D eigenvalue weighted by molar-refractivity contribution is 4.76. The van der Waals surface area contributed by atoms with E-state index >= 15 is 0 Å². The second-order valence-electron chi connectivity index (χ2n) is 4.33. The average molecular weight is 214 g/mol. The molecule has 0 aromatic heterocycles. The van der Waals surface area contributed by atoms with E-state index in [0.29, 0.717) is 6.04 Å². The van der Waals surface area contributed by atoms with E-state index in [1.807, 2.05) is 0 Å². The maximum atomic E-state index is 5.48. The van der Waals surface area contributed by atoms with E-state index in [-0.39, 0.29) is 0 Å². The first kappa shape index (κ1) is 12.9. The van der Waals surface area contributed by atoms with Gasteiger partial charge < -0.3 is 15.0 Å².